The lowest BCUT2D eigenvalue weighted by Crippen LogP contribution is -2.31. The molecule has 0 radical (unpaired) electrons. The summed E-state index contributed by atoms with van der Waals surface area (Å²) < 4.78 is 0. The van der Waals surface area contributed by atoms with Gasteiger partial charge in [0.2, 0.25) is 0 Å². The highest BCUT2D eigenvalue weighted by Gasteiger charge is 2.51. The summed E-state index contributed by atoms with van der Waals surface area (Å²) in [5.74, 6) is 0.433. The van der Waals surface area contributed by atoms with Gasteiger partial charge in [0.1, 0.15) is 0 Å². The molecular weight excluding hydrogens is 633 g/mol. The first-order valence-electron chi connectivity index (χ1n) is 18.5. The molecule has 2 aromatic heterocycles. The normalized spacial score (nSPS) is 18.3. The largest absolute Gasteiger partial charge is 0.310 e. The number of aromatic nitrogens is 3. The maximum Gasteiger partial charge on any atom is 0.0924 e. The van der Waals surface area contributed by atoms with E-state index >= 15 is 0 Å². The van der Waals surface area contributed by atoms with Crippen molar-refractivity contribution in [1.82, 2.24) is 15.2 Å². The Hall–Kier alpha value is -5.48. The van der Waals surface area contributed by atoms with Gasteiger partial charge in [-0.05, 0) is 118 Å². The van der Waals surface area contributed by atoms with E-state index in [-0.39, 0.29) is 10.8 Å². The van der Waals surface area contributed by atoms with Crippen LogP contribution in [0, 0.1) is 18.3 Å². The number of nitrogens with zero attached hydrogens (tertiary/aromatic N) is 3. The average Bonchev–Trinajstić information content (AvgIpc) is 3.71. The molecule has 1 N–H and O–H groups in total. The third-order valence-corrected chi connectivity index (χ3v) is 11.0. The first kappa shape index (κ1) is 33.7. The van der Waals surface area contributed by atoms with Crippen molar-refractivity contribution in [3.63, 3.8) is 0 Å². The molecule has 0 saturated carbocycles. The minimum Gasteiger partial charge on any atom is -0.310 e. The summed E-state index contributed by atoms with van der Waals surface area (Å²) in [5, 5.41) is 7.69. The first-order valence-corrected chi connectivity index (χ1v) is 18.5. The number of benzene rings is 4. The Bertz CT molecular complexity index is 2310. The van der Waals surface area contributed by atoms with E-state index in [0.717, 1.165) is 46.1 Å². The van der Waals surface area contributed by atoms with E-state index in [2.05, 4.69) is 184 Å². The molecule has 2 aliphatic rings. The number of para-hydroxylation sites is 1. The van der Waals surface area contributed by atoms with Crippen molar-refractivity contribution < 1.29 is 0 Å². The number of hydrogen-bond acceptors (Lipinski definition) is 3. The van der Waals surface area contributed by atoms with Gasteiger partial charge in [0.25, 0.3) is 0 Å². The Morgan fingerprint density at radius 2 is 1.46 bits per heavy atom. The number of hydrogen-bond donors (Lipinski definition) is 1. The number of fused-ring (bicyclic) bond motifs is 3. The van der Waals surface area contributed by atoms with Gasteiger partial charge in [-0.2, -0.15) is 5.10 Å². The molecule has 1 unspecified atom stereocenters. The fraction of sp³-hybridized carbons (Fsp3) is 0.250. The molecule has 260 valence electrons. The molecule has 0 bridgehead atoms. The van der Waals surface area contributed by atoms with Crippen LogP contribution in [0.1, 0.15) is 81.6 Å². The van der Waals surface area contributed by atoms with Crippen LogP contribution in [0.4, 0.5) is 17.1 Å². The average molecular weight is 681 g/mol. The van der Waals surface area contributed by atoms with Gasteiger partial charge in [-0.15, -0.1) is 0 Å². The summed E-state index contributed by atoms with van der Waals surface area (Å²) in [6.07, 6.45) is 8.05. The number of aromatic amines is 1. The predicted molar refractivity (Wildman–Crippen MR) is 216 cm³/mol. The SMILES string of the molecule is Cc1cc(-c2cccc(N(c3ccccc3)c3cccc([C@@]4(c5ccccn5)C5=CCC(C(C)(C)C)C=C5c5cc(C(C)(C)C)ccc54)c3)c2)n[nH]1. The standard InChI is InChI=1S/C48H48N4/c1-32-27-44(51-50-32)33-15-13-19-38(28-33)52(37-17-9-8-10-18-37)39-20-14-16-36(29-39)48(45-21-11-12-26-49-45)42-24-22-34(46(2,3)4)30-40(42)41-31-35(47(5,6)7)23-25-43(41)48/h8-22,24-31,35H,23H2,1-7H3,(H,50,51)/t35?,48-/m0/s1. The molecule has 2 aliphatic carbocycles. The predicted octanol–water partition coefficient (Wildman–Crippen LogP) is 12.3. The number of pyridine rings is 1. The third kappa shape index (κ3) is 5.71. The smallest absolute Gasteiger partial charge is 0.0924 e. The van der Waals surface area contributed by atoms with Crippen LogP contribution in [0.3, 0.4) is 0 Å². The van der Waals surface area contributed by atoms with Crippen molar-refractivity contribution in [1.29, 1.82) is 0 Å². The van der Waals surface area contributed by atoms with E-state index in [9.17, 15) is 0 Å². The maximum atomic E-state index is 5.18. The lowest BCUT2D eigenvalue weighted by molar-refractivity contribution is 0.293. The molecule has 6 aromatic rings. The molecule has 2 heterocycles. The molecule has 4 nitrogen and oxygen atoms in total. The Morgan fingerprint density at radius 3 is 2.15 bits per heavy atom. The maximum absolute atomic E-state index is 5.18. The molecule has 2 atom stereocenters. The fourth-order valence-electron chi connectivity index (χ4n) is 8.21. The minimum atomic E-state index is -0.589. The van der Waals surface area contributed by atoms with E-state index in [4.69, 9.17) is 4.98 Å². The van der Waals surface area contributed by atoms with Gasteiger partial charge < -0.3 is 4.90 Å². The number of rotatable bonds is 6. The highest BCUT2D eigenvalue weighted by atomic mass is 15.1. The second kappa shape index (κ2) is 12.6. The third-order valence-electron chi connectivity index (χ3n) is 11.0. The summed E-state index contributed by atoms with van der Waals surface area (Å²) in [6.45, 7) is 16.1. The van der Waals surface area contributed by atoms with Gasteiger partial charge in [-0.1, -0.05) is 120 Å². The Labute approximate surface area is 309 Å². The minimum absolute atomic E-state index is 0.0209. The summed E-state index contributed by atoms with van der Waals surface area (Å²) in [4.78, 5) is 7.54. The highest BCUT2D eigenvalue weighted by molar-refractivity contribution is 5.95. The molecule has 8 rings (SSSR count). The highest BCUT2D eigenvalue weighted by Crippen LogP contribution is 2.60. The number of allylic oxidation sites excluding steroid dienone is 4. The number of H-pyrrole nitrogens is 1. The number of aryl methyl sites for hydroxylation is 1. The second-order valence-corrected chi connectivity index (χ2v) is 16.6. The van der Waals surface area contributed by atoms with Gasteiger partial charge in [0, 0.05) is 34.5 Å². The zero-order valence-electron chi connectivity index (χ0n) is 31.4. The summed E-state index contributed by atoms with van der Waals surface area (Å²) >= 11 is 0. The van der Waals surface area contributed by atoms with Crippen LogP contribution in [0.15, 0.2) is 145 Å². The summed E-state index contributed by atoms with van der Waals surface area (Å²) in [5.41, 5.74) is 14.8. The first-order chi connectivity index (χ1) is 24.9. The van der Waals surface area contributed by atoms with Crippen molar-refractivity contribution in [2.75, 3.05) is 4.90 Å². The summed E-state index contributed by atoms with van der Waals surface area (Å²) in [7, 11) is 0. The molecule has 52 heavy (non-hydrogen) atoms. The molecule has 4 aromatic carbocycles. The van der Waals surface area contributed by atoms with Gasteiger partial charge in [-0.3, -0.25) is 10.1 Å². The van der Waals surface area contributed by atoms with E-state index < -0.39 is 5.41 Å². The Balaban J connectivity index is 1.38. The molecule has 0 aliphatic heterocycles. The van der Waals surface area contributed by atoms with Gasteiger partial charge in [0.05, 0.1) is 16.8 Å². The van der Waals surface area contributed by atoms with Crippen LogP contribution in [-0.2, 0) is 10.8 Å². The van der Waals surface area contributed by atoms with Gasteiger partial charge in [0.15, 0.2) is 0 Å². The van der Waals surface area contributed by atoms with E-state index in [1.807, 2.05) is 19.2 Å². The van der Waals surface area contributed by atoms with Crippen LogP contribution < -0.4 is 4.90 Å². The second-order valence-electron chi connectivity index (χ2n) is 16.6. The molecule has 0 amide bonds. The molecule has 0 spiro atoms. The van der Waals surface area contributed by atoms with E-state index in [1.54, 1.807) is 0 Å². The monoisotopic (exact) mass is 680 g/mol. The molecule has 0 saturated heterocycles. The van der Waals surface area contributed by atoms with E-state index in [0.29, 0.717) is 5.92 Å². The van der Waals surface area contributed by atoms with Crippen LogP contribution in [-0.4, -0.2) is 15.2 Å². The lowest BCUT2D eigenvalue weighted by atomic mass is 9.66. The molecule has 4 heteroatoms. The van der Waals surface area contributed by atoms with Crippen molar-refractivity contribution in [2.24, 2.45) is 11.3 Å². The molecule has 0 fully saturated rings. The van der Waals surface area contributed by atoms with Crippen LogP contribution in [0.2, 0.25) is 0 Å². The van der Waals surface area contributed by atoms with Crippen LogP contribution >= 0.6 is 0 Å². The topological polar surface area (TPSA) is 44.8 Å². The van der Waals surface area contributed by atoms with Crippen molar-refractivity contribution >= 4 is 22.6 Å². The lowest BCUT2D eigenvalue weighted by Gasteiger charge is -2.37. The zero-order valence-corrected chi connectivity index (χ0v) is 31.4. The number of nitrogens with one attached hydrogen (secondary N) is 1. The van der Waals surface area contributed by atoms with Crippen molar-refractivity contribution in [3.05, 3.63) is 179 Å². The Morgan fingerprint density at radius 1 is 0.731 bits per heavy atom. The van der Waals surface area contributed by atoms with E-state index in [1.165, 1.54) is 33.4 Å². The van der Waals surface area contributed by atoms with Crippen LogP contribution in [0.5, 0.6) is 0 Å². The summed E-state index contributed by atoms with van der Waals surface area (Å²) in [6, 6.07) is 44.2. The van der Waals surface area contributed by atoms with Crippen LogP contribution in [0.25, 0.3) is 16.8 Å². The number of anilines is 3. The quantitative estimate of drug-likeness (QED) is 0.190. The van der Waals surface area contributed by atoms with Gasteiger partial charge in [-0.25, -0.2) is 0 Å². The Kier molecular flexibility index (Phi) is 8.17. The van der Waals surface area contributed by atoms with Crippen molar-refractivity contribution in [2.45, 2.75) is 65.7 Å². The van der Waals surface area contributed by atoms with Crippen molar-refractivity contribution in [3.8, 4) is 11.3 Å². The molecular formula is C48H48N4. The fourth-order valence-corrected chi connectivity index (χ4v) is 8.21. The zero-order chi connectivity index (χ0) is 36.3. The van der Waals surface area contributed by atoms with Gasteiger partial charge >= 0.3 is 0 Å².